The van der Waals surface area contributed by atoms with Gasteiger partial charge in [-0.1, -0.05) is 59.9 Å². The molecule has 0 bridgehead atoms. The van der Waals surface area contributed by atoms with Gasteiger partial charge in [-0.05, 0) is 42.3 Å². The van der Waals surface area contributed by atoms with Crippen molar-refractivity contribution in [1.29, 1.82) is 0 Å². The molecule has 0 radical (unpaired) electrons. The molecule has 0 spiro atoms. The standard InChI is InChI=1S/C33H31N4O4S/c1-34(20-10-17-33(40)41-37-30(38)18-19-31(37)39)29-21-23(22-32-35(2)27-15-8-9-16-28(27)42-32)25-13-6-7-14-26(25)36(29)24-11-4-3-5-12-24/h3-9,11-16,21-22H,10,17-20H2,1-2H3/q+1. The molecule has 2 aliphatic rings. The van der Waals surface area contributed by atoms with Crippen LogP contribution in [0, 0.1) is 0 Å². The van der Waals surface area contributed by atoms with Crippen molar-refractivity contribution < 1.29 is 23.8 Å². The van der Waals surface area contributed by atoms with Crippen LogP contribution in [0.15, 0.2) is 90.8 Å². The van der Waals surface area contributed by atoms with Crippen molar-refractivity contribution in [3.8, 4) is 0 Å². The van der Waals surface area contributed by atoms with Crippen LogP contribution in [-0.2, 0) is 26.3 Å². The predicted molar refractivity (Wildman–Crippen MR) is 163 cm³/mol. The largest absolute Gasteiger partial charge is 0.361 e. The van der Waals surface area contributed by atoms with Crippen LogP contribution >= 0.6 is 11.3 Å². The number of imide groups is 1. The van der Waals surface area contributed by atoms with Crippen molar-refractivity contribution in [1.82, 2.24) is 9.96 Å². The summed E-state index contributed by atoms with van der Waals surface area (Å²) in [7, 11) is 4.10. The van der Waals surface area contributed by atoms with E-state index in [1.165, 1.54) is 10.2 Å². The normalized spacial score (nSPS) is 15.8. The second-order valence-electron chi connectivity index (χ2n) is 10.3. The number of thiazole rings is 1. The number of fused-ring (bicyclic) bond motifs is 2. The molecule has 42 heavy (non-hydrogen) atoms. The number of para-hydroxylation sites is 3. The number of hydrogen-bond donors (Lipinski definition) is 0. The van der Waals surface area contributed by atoms with Gasteiger partial charge in [0, 0.05) is 56.2 Å². The lowest BCUT2D eigenvalue weighted by Gasteiger charge is -2.38. The molecule has 6 rings (SSSR count). The Balaban J connectivity index is 1.31. The number of rotatable bonds is 8. The Labute approximate surface area is 248 Å². The third kappa shape index (κ3) is 5.31. The number of aryl methyl sites for hydroxylation is 1. The van der Waals surface area contributed by atoms with Gasteiger partial charge in [0.2, 0.25) is 5.52 Å². The van der Waals surface area contributed by atoms with Crippen molar-refractivity contribution in [2.75, 3.05) is 18.5 Å². The van der Waals surface area contributed by atoms with Crippen LogP contribution in [0.3, 0.4) is 0 Å². The van der Waals surface area contributed by atoms with Crippen molar-refractivity contribution in [2.24, 2.45) is 7.05 Å². The second kappa shape index (κ2) is 11.6. The summed E-state index contributed by atoms with van der Waals surface area (Å²) >= 11 is 1.76. The SMILES string of the molecule is CN(CCCC(=O)ON1C(=O)CCC1=O)C1=C/C(=C\c2sc3ccccc3[n+]2C)c2ccccc2N1c1ccccc1. The summed E-state index contributed by atoms with van der Waals surface area (Å²) in [5, 5.41) is 1.75. The minimum absolute atomic E-state index is 0.0786. The molecule has 1 fully saturated rings. The average Bonchev–Trinajstić information content (AvgIpc) is 3.50. The summed E-state index contributed by atoms with van der Waals surface area (Å²) in [5.41, 5.74) is 5.50. The van der Waals surface area contributed by atoms with Gasteiger partial charge in [-0.3, -0.25) is 14.5 Å². The van der Waals surface area contributed by atoms with E-state index in [1.54, 1.807) is 11.3 Å². The van der Waals surface area contributed by atoms with Crippen molar-refractivity contribution >= 4 is 62.4 Å². The first kappa shape index (κ1) is 27.4. The topological polar surface area (TPSA) is 74.0 Å². The fourth-order valence-corrected chi connectivity index (χ4v) is 6.43. The van der Waals surface area contributed by atoms with Gasteiger partial charge in [-0.15, -0.1) is 5.06 Å². The minimum Gasteiger partial charge on any atom is -0.361 e. The number of nitrogens with zero attached hydrogens (tertiary/aromatic N) is 4. The first-order valence-corrected chi connectivity index (χ1v) is 14.8. The monoisotopic (exact) mass is 579 g/mol. The van der Waals surface area contributed by atoms with Gasteiger partial charge < -0.3 is 9.74 Å². The van der Waals surface area contributed by atoms with Crippen LogP contribution in [0.4, 0.5) is 11.4 Å². The molecule has 3 aromatic carbocycles. The quantitative estimate of drug-likeness (QED) is 0.201. The van der Waals surface area contributed by atoms with E-state index in [1.807, 2.05) is 31.3 Å². The number of allylic oxidation sites excluding steroid dienone is 2. The number of hydroxylamine groups is 2. The molecular formula is C33H31N4O4S+. The van der Waals surface area contributed by atoms with Crippen LogP contribution in [0.5, 0.6) is 0 Å². The molecule has 0 N–H and O–H groups in total. The van der Waals surface area contributed by atoms with E-state index >= 15 is 0 Å². The number of aromatic nitrogens is 1. The first-order valence-electron chi connectivity index (χ1n) is 13.9. The highest BCUT2D eigenvalue weighted by molar-refractivity contribution is 7.18. The summed E-state index contributed by atoms with van der Waals surface area (Å²) in [5.74, 6) is -0.566. The molecule has 4 aromatic rings. The van der Waals surface area contributed by atoms with Gasteiger partial charge in [0.15, 0.2) is 0 Å². The molecule has 8 nitrogen and oxygen atoms in total. The van der Waals surface area contributed by atoms with E-state index in [2.05, 4.69) is 88.2 Å². The zero-order chi connectivity index (χ0) is 29.2. The minimum atomic E-state index is -0.590. The average molecular weight is 580 g/mol. The number of benzene rings is 3. The highest BCUT2D eigenvalue weighted by atomic mass is 32.1. The molecule has 9 heteroatoms. The molecule has 0 atom stereocenters. The fraction of sp³-hybridized carbons (Fsp3) is 0.212. The number of hydrogen-bond acceptors (Lipinski definition) is 7. The predicted octanol–water partition coefficient (Wildman–Crippen LogP) is 5.58. The van der Waals surface area contributed by atoms with E-state index < -0.39 is 17.8 Å². The molecule has 212 valence electrons. The van der Waals surface area contributed by atoms with Crippen molar-refractivity contribution in [3.63, 3.8) is 0 Å². The Morgan fingerprint density at radius 3 is 2.43 bits per heavy atom. The maximum Gasteiger partial charge on any atom is 0.333 e. The molecular weight excluding hydrogens is 548 g/mol. The summed E-state index contributed by atoms with van der Waals surface area (Å²) < 4.78 is 3.45. The second-order valence-corrected chi connectivity index (χ2v) is 11.4. The van der Waals surface area contributed by atoms with E-state index in [0.29, 0.717) is 18.0 Å². The van der Waals surface area contributed by atoms with E-state index in [0.717, 1.165) is 33.3 Å². The Hall–Kier alpha value is -4.76. The first-order chi connectivity index (χ1) is 20.4. The Morgan fingerprint density at radius 2 is 1.67 bits per heavy atom. The number of carbonyl (C=O) groups excluding carboxylic acids is 3. The molecule has 1 aromatic heterocycles. The summed E-state index contributed by atoms with van der Waals surface area (Å²) in [4.78, 5) is 45.5. The molecule has 2 aliphatic heterocycles. The molecule has 0 aliphatic carbocycles. The van der Waals surface area contributed by atoms with E-state index in [9.17, 15) is 14.4 Å². The van der Waals surface area contributed by atoms with E-state index in [4.69, 9.17) is 4.84 Å². The van der Waals surface area contributed by atoms with Crippen LogP contribution in [-0.4, -0.2) is 41.3 Å². The third-order valence-corrected chi connectivity index (χ3v) is 8.67. The highest BCUT2D eigenvalue weighted by Crippen LogP contribution is 2.42. The van der Waals surface area contributed by atoms with Crippen molar-refractivity contribution in [3.05, 3.63) is 101 Å². The van der Waals surface area contributed by atoms with Gasteiger partial charge in [0.25, 0.3) is 16.8 Å². The van der Waals surface area contributed by atoms with E-state index in [-0.39, 0.29) is 19.3 Å². The lowest BCUT2D eigenvalue weighted by Crippen LogP contribution is -2.34. The molecule has 0 unspecified atom stereocenters. The highest BCUT2D eigenvalue weighted by Gasteiger charge is 2.33. The summed E-state index contributed by atoms with van der Waals surface area (Å²) in [6, 6.07) is 27.0. The molecule has 3 heterocycles. The summed E-state index contributed by atoms with van der Waals surface area (Å²) in [6.07, 6.45) is 5.15. The van der Waals surface area contributed by atoms with Crippen LogP contribution in [0.1, 0.15) is 36.3 Å². The number of anilines is 2. The number of carbonyl (C=O) groups is 3. The maximum absolute atomic E-state index is 12.4. The number of amides is 2. The zero-order valence-corrected chi connectivity index (χ0v) is 24.3. The molecule has 2 amide bonds. The Bertz CT molecular complexity index is 1730. The van der Waals surface area contributed by atoms with Gasteiger partial charge in [-0.2, -0.15) is 4.57 Å². The van der Waals surface area contributed by atoms with Gasteiger partial charge in [0.1, 0.15) is 17.6 Å². The summed E-state index contributed by atoms with van der Waals surface area (Å²) in [6.45, 7) is 0.554. The smallest absolute Gasteiger partial charge is 0.333 e. The molecule has 1 saturated heterocycles. The zero-order valence-electron chi connectivity index (χ0n) is 23.5. The lowest BCUT2D eigenvalue weighted by molar-refractivity contribution is -0.642. The van der Waals surface area contributed by atoms with Gasteiger partial charge in [-0.25, -0.2) is 4.79 Å². The van der Waals surface area contributed by atoms with Crippen molar-refractivity contribution in [2.45, 2.75) is 25.7 Å². The van der Waals surface area contributed by atoms with Gasteiger partial charge in [0.05, 0.1) is 5.69 Å². The lowest BCUT2D eigenvalue weighted by atomic mass is 9.97. The third-order valence-electron chi connectivity index (χ3n) is 7.50. The fourth-order valence-electron chi connectivity index (χ4n) is 5.33. The van der Waals surface area contributed by atoms with Crippen LogP contribution < -0.4 is 9.47 Å². The Morgan fingerprint density at radius 1 is 0.976 bits per heavy atom. The maximum atomic E-state index is 12.4. The molecule has 0 saturated carbocycles. The Kier molecular flexibility index (Phi) is 7.58. The van der Waals surface area contributed by atoms with Gasteiger partial charge >= 0.3 is 5.97 Å². The van der Waals surface area contributed by atoms with Crippen LogP contribution in [0.25, 0.3) is 21.9 Å². The van der Waals surface area contributed by atoms with Crippen LogP contribution in [0.2, 0.25) is 0 Å².